The summed E-state index contributed by atoms with van der Waals surface area (Å²) >= 11 is 0. The van der Waals surface area contributed by atoms with Gasteiger partial charge >= 0.3 is 0 Å². The maximum atomic E-state index is 11.3. The zero-order valence-electron chi connectivity index (χ0n) is 7.13. The van der Waals surface area contributed by atoms with Crippen molar-refractivity contribution < 1.29 is 4.79 Å². The molecule has 66 valence electrons. The Balaban J connectivity index is 2.27. The second-order valence-electron chi connectivity index (χ2n) is 3.01. The SMILES string of the molecule is C=C1CC(=O)C(=Cc2ccc[nH]2)N1. The van der Waals surface area contributed by atoms with Crippen LogP contribution in [0.15, 0.2) is 36.3 Å². The molecule has 1 aliphatic heterocycles. The summed E-state index contributed by atoms with van der Waals surface area (Å²) in [7, 11) is 0. The van der Waals surface area contributed by atoms with E-state index in [4.69, 9.17) is 0 Å². The molecule has 2 heterocycles. The highest BCUT2D eigenvalue weighted by molar-refractivity contribution is 6.03. The summed E-state index contributed by atoms with van der Waals surface area (Å²) in [6, 6.07) is 3.80. The number of aromatic nitrogens is 1. The predicted molar refractivity (Wildman–Crippen MR) is 50.7 cm³/mol. The standard InChI is InChI=1S/C10H10N2O/c1-7-5-10(13)9(12-7)6-8-3-2-4-11-8/h2-4,6,11-12H,1,5H2. The van der Waals surface area contributed by atoms with Crippen molar-refractivity contribution in [2.24, 2.45) is 0 Å². The molecular weight excluding hydrogens is 164 g/mol. The molecule has 1 aromatic heterocycles. The van der Waals surface area contributed by atoms with E-state index in [0.717, 1.165) is 11.4 Å². The fourth-order valence-corrected chi connectivity index (χ4v) is 1.30. The minimum atomic E-state index is 0.0969. The molecule has 0 amide bonds. The number of rotatable bonds is 1. The van der Waals surface area contributed by atoms with Gasteiger partial charge in [0.05, 0.1) is 12.1 Å². The van der Waals surface area contributed by atoms with Gasteiger partial charge in [-0.3, -0.25) is 4.79 Å². The number of aromatic amines is 1. The Hall–Kier alpha value is -1.77. The Bertz CT molecular complexity index is 374. The lowest BCUT2D eigenvalue weighted by Crippen LogP contribution is -2.04. The molecule has 3 nitrogen and oxygen atoms in total. The Labute approximate surface area is 76.2 Å². The fraction of sp³-hybridized carbons (Fsp3) is 0.100. The number of allylic oxidation sites excluding steroid dienone is 2. The number of Topliss-reactive ketones (excluding diaryl/α,β-unsaturated/α-hetero) is 1. The molecule has 0 atom stereocenters. The van der Waals surface area contributed by atoms with E-state index in [1.165, 1.54) is 0 Å². The van der Waals surface area contributed by atoms with Gasteiger partial charge in [0.2, 0.25) is 0 Å². The summed E-state index contributed by atoms with van der Waals surface area (Å²) in [5, 5.41) is 2.94. The third-order valence-corrected chi connectivity index (χ3v) is 1.91. The van der Waals surface area contributed by atoms with Gasteiger partial charge in [-0.2, -0.15) is 0 Å². The number of hydrogen-bond donors (Lipinski definition) is 2. The summed E-state index contributed by atoms with van der Waals surface area (Å²) in [6.07, 6.45) is 4.02. The zero-order chi connectivity index (χ0) is 9.26. The van der Waals surface area contributed by atoms with Crippen molar-refractivity contribution in [3.05, 3.63) is 42.0 Å². The van der Waals surface area contributed by atoms with Crippen molar-refractivity contribution in [3.8, 4) is 0 Å². The van der Waals surface area contributed by atoms with E-state index in [1.807, 2.05) is 18.3 Å². The summed E-state index contributed by atoms with van der Waals surface area (Å²) in [5.41, 5.74) is 2.31. The molecule has 1 fully saturated rings. The molecule has 0 unspecified atom stereocenters. The van der Waals surface area contributed by atoms with Crippen molar-refractivity contribution in [1.82, 2.24) is 10.3 Å². The van der Waals surface area contributed by atoms with E-state index >= 15 is 0 Å². The molecule has 2 N–H and O–H groups in total. The maximum Gasteiger partial charge on any atom is 0.184 e. The van der Waals surface area contributed by atoms with Gasteiger partial charge in [-0.15, -0.1) is 0 Å². The van der Waals surface area contributed by atoms with E-state index in [-0.39, 0.29) is 5.78 Å². The van der Waals surface area contributed by atoms with Crippen LogP contribution in [0.5, 0.6) is 0 Å². The van der Waals surface area contributed by atoms with Crippen LogP contribution in [0, 0.1) is 0 Å². The monoisotopic (exact) mass is 174 g/mol. The molecule has 1 saturated heterocycles. The van der Waals surface area contributed by atoms with Crippen LogP contribution in [0.3, 0.4) is 0 Å². The fourth-order valence-electron chi connectivity index (χ4n) is 1.30. The van der Waals surface area contributed by atoms with Gasteiger partial charge in [0.1, 0.15) is 0 Å². The molecule has 3 heteroatoms. The lowest BCUT2D eigenvalue weighted by Gasteiger charge is -1.95. The first-order chi connectivity index (χ1) is 6.25. The van der Waals surface area contributed by atoms with Crippen LogP contribution in [0.4, 0.5) is 0 Å². The Kier molecular flexibility index (Phi) is 1.77. The first-order valence-electron chi connectivity index (χ1n) is 4.09. The molecule has 1 aliphatic rings. The van der Waals surface area contributed by atoms with Crippen molar-refractivity contribution in [2.75, 3.05) is 0 Å². The minimum Gasteiger partial charge on any atom is -0.362 e. The highest BCUT2D eigenvalue weighted by atomic mass is 16.1. The van der Waals surface area contributed by atoms with Crippen LogP contribution < -0.4 is 5.32 Å². The van der Waals surface area contributed by atoms with E-state index in [9.17, 15) is 4.79 Å². The van der Waals surface area contributed by atoms with Crippen molar-refractivity contribution in [1.29, 1.82) is 0 Å². The number of ketones is 1. The van der Waals surface area contributed by atoms with Gasteiger partial charge in [-0.25, -0.2) is 0 Å². The number of nitrogens with one attached hydrogen (secondary N) is 2. The van der Waals surface area contributed by atoms with Crippen LogP contribution in [0.1, 0.15) is 12.1 Å². The van der Waals surface area contributed by atoms with Crippen LogP contribution in [-0.2, 0) is 4.79 Å². The molecular formula is C10H10N2O. The van der Waals surface area contributed by atoms with Gasteiger partial charge in [0.15, 0.2) is 5.78 Å². The molecule has 0 radical (unpaired) electrons. The van der Waals surface area contributed by atoms with Crippen LogP contribution in [0.2, 0.25) is 0 Å². The number of carbonyl (C=O) groups is 1. The normalized spacial score (nSPS) is 19.5. The molecule has 1 aromatic rings. The minimum absolute atomic E-state index is 0.0969. The Morgan fingerprint density at radius 1 is 1.54 bits per heavy atom. The summed E-state index contributed by atoms with van der Waals surface area (Å²) < 4.78 is 0. The maximum absolute atomic E-state index is 11.3. The second-order valence-corrected chi connectivity index (χ2v) is 3.01. The molecule has 0 saturated carbocycles. The van der Waals surface area contributed by atoms with Crippen molar-refractivity contribution in [3.63, 3.8) is 0 Å². The largest absolute Gasteiger partial charge is 0.362 e. The Morgan fingerprint density at radius 3 is 2.92 bits per heavy atom. The first-order valence-corrected chi connectivity index (χ1v) is 4.09. The molecule has 0 aromatic carbocycles. The van der Waals surface area contributed by atoms with Gasteiger partial charge < -0.3 is 10.3 Å². The third kappa shape index (κ3) is 1.54. The van der Waals surface area contributed by atoms with E-state index in [0.29, 0.717) is 12.1 Å². The highest BCUT2D eigenvalue weighted by Crippen LogP contribution is 2.15. The lowest BCUT2D eigenvalue weighted by molar-refractivity contribution is -0.114. The number of H-pyrrole nitrogens is 1. The predicted octanol–water partition coefficient (Wildman–Crippen LogP) is 1.43. The van der Waals surface area contributed by atoms with E-state index in [1.54, 1.807) is 6.08 Å². The van der Waals surface area contributed by atoms with Gasteiger partial charge in [0, 0.05) is 17.6 Å². The molecule has 0 aliphatic carbocycles. The highest BCUT2D eigenvalue weighted by Gasteiger charge is 2.19. The third-order valence-electron chi connectivity index (χ3n) is 1.91. The lowest BCUT2D eigenvalue weighted by atomic mass is 10.2. The Morgan fingerprint density at radius 2 is 2.38 bits per heavy atom. The summed E-state index contributed by atoms with van der Waals surface area (Å²) in [5.74, 6) is 0.0969. The van der Waals surface area contributed by atoms with Gasteiger partial charge in [0.25, 0.3) is 0 Å². The first kappa shape index (κ1) is 7.86. The average molecular weight is 174 g/mol. The smallest absolute Gasteiger partial charge is 0.184 e. The second kappa shape index (κ2) is 2.94. The van der Waals surface area contributed by atoms with Gasteiger partial charge in [-0.1, -0.05) is 6.58 Å². The molecule has 2 rings (SSSR count). The summed E-state index contributed by atoms with van der Waals surface area (Å²) in [4.78, 5) is 14.3. The molecule has 0 bridgehead atoms. The van der Waals surface area contributed by atoms with E-state index < -0.39 is 0 Å². The zero-order valence-corrected chi connectivity index (χ0v) is 7.13. The van der Waals surface area contributed by atoms with E-state index in [2.05, 4.69) is 16.9 Å². The van der Waals surface area contributed by atoms with Gasteiger partial charge in [-0.05, 0) is 18.2 Å². The topological polar surface area (TPSA) is 44.9 Å². The average Bonchev–Trinajstić information content (AvgIpc) is 2.63. The quantitative estimate of drug-likeness (QED) is 0.632. The number of hydrogen-bond acceptors (Lipinski definition) is 2. The van der Waals surface area contributed by atoms with Crippen LogP contribution >= 0.6 is 0 Å². The molecule has 13 heavy (non-hydrogen) atoms. The van der Waals surface area contributed by atoms with Crippen molar-refractivity contribution in [2.45, 2.75) is 6.42 Å². The molecule has 0 spiro atoms. The van der Waals surface area contributed by atoms with Crippen molar-refractivity contribution >= 4 is 11.9 Å². The van der Waals surface area contributed by atoms with Crippen LogP contribution in [-0.4, -0.2) is 10.8 Å². The summed E-state index contributed by atoms with van der Waals surface area (Å²) in [6.45, 7) is 3.70. The number of carbonyl (C=O) groups excluding carboxylic acids is 1. The van der Waals surface area contributed by atoms with Crippen LogP contribution in [0.25, 0.3) is 6.08 Å².